The molecular formula is C19H16Cl3N5O2S. The van der Waals surface area contributed by atoms with E-state index in [4.69, 9.17) is 34.8 Å². The molecule has 2 aromatic carbocycles. The van der Waals surface area contributed by atoms with Gasteiger partial charge in [-0.2, -0.15) is 0 Å². The molecule has 3 rings (SSSR count). The zero-order valence-corrected chi connectivity index (χ0v) is 18.7. The first kappa shape index (κ1) is 22.4. The zero-order valence-electron chi connectivity index (χ0n) is 15.7. The van der Waals surface area contributed by atoms with Gasteiger partial charge in [0.25, 0.3) is 0 Å². The van der Waals surface area contributed by atoms with Gasteiger partial charge in [-0.05, 0) is 42.5 Å². The summed E-state index contributed by atoms with van der Waals surface area (Å²) in [6.07, 6.45) is 0.0387. The second-order valence-electron chi connectivity index (χ2n) is 6.15. The lowest BCUT2D eigenvalue weighted by Crippen LogP contribution is -2.17. The zero-order chi connectivity index (χ0) is 21.7. The maximum absolute atomic E-state index is 12.2. The van der Waals surface area contributed by atoms with E-state index in [1.165, 1.54) is 11.8 Å². The van der Waals surface area contributed by atoms with E-state index in [0.29, 0.717) is 37.4 Å². The fourth-order valence-electron chi connectivity index (χ4n) is 2.42. The molecule has 2 amide bonds. The molecule has 0 radical (unpaired) electrons. The minimum absolute atomic E-state index is 0.0387. The Morgan fingerprint density at radius 3 is 2.40 bits per heavy atom. The van der Waals surface area contributed by atoms with Crippen molar-refractivity contribution in [3.63, 3.8) is 0 Å². The smallest absolute Gasteiger partial charge is 0.234 e. The number of halogens is 3. The molecule has 0 aliphatic rings. The molecule has 156 valence electrons. The molecule has 0 saturated heterocycles. The molecule has 1 aromatic heterocycles. The van der Waals surface area contributed by atoms with E-state index in [1.54, 1.807) is 54.1 Å². The van der Waals surface area contributed by atoms with Crippen molar-refractivity contribution in [3.05, 3.63) is 63.4 Å². The van der Waals surface area contributed by atoms with Gasteiger partial charge in [-0.3, -0.25) is 9.59 Å². The highest BCUT2D eigenvalue weighted by Gasteiger charge is 2.15. The van der Waals surface area contributed by atoms with Crippen molar-refractivity contribution in [2.45, 2.75) is 11.6 Å². The van der Waals surface area contributed by atoms with Crippen molar-refractivity contribution in [3.8, 4) is 0 Å². The van der Waals surface area contributed by atoms with E-state index in [1.807, 2.05) is 0 Å². The lowest BCUT2D eigenvalue weighted by atomic mass is 10.3. The monoisotopic (exact) mass is 483 g/mol. The standard InChI is InChI=1S/C19H16Cl3N5O2S/c1-27-16(9-17(28)23-13-5-2-11(20)3-6-13)25-26-19(27)30-10-18(29)24-15-8-12(21)4-7-14(15)22/h2-8H,9-10H2,1H3,(H,23,28)(H,24,29). The van der Waals surface area contributed by atoms with Crippen molar-refractivity contribution >= 4 is 69.8 Å². The first-order valence-electron chi connectivity index (χ1n) is 8.63. The molecular weight excluding hydrogens is 469 g/mol. The fraction of sp³-hybridized carbons (Fsp3) is 0.158. The van der Waals surface area contributed by atoms with Gasteiger partial charge in [-0.1, -0.05) is 46.6 Å². The summed E-state index contributed by atoms with van der Waals surface area (Å²) in [4.78, 5) is 24.4. The molecule has 3 aromatic rings. The molecule has 2 N–H and O–H groups in total. The third-order valence-corrected chi connectivity index (χ3v) is 5.74. The molecule has 0 atom stereocenters. The van der Waals surface area contributed by atoms with Crippen LogP contribution in [0.25, 0.3) is 0 Å². The van der Waals surface area contributed by atoms with E-state index >= 15 is 0 Å². The maximum atomic E-state index is 12.2. The molecule has 0 aliphatic heterocycles. The van der Waals surface area contributed by atoms with Crippen LogP contribution in [0.5, 0.6) is 0 Å². The summed E-state index contributed by atoms with van der Waals surface area (Å²) in [6.45, 7) is 0. The van der Waals surface area contributed by atoms with Crippen LogP contribution in [-0.2, 0) is 23.1 Å². The highest BCUT2D eigenvalue weighted by molar-refractivity contribution is 7.99. The van der Waals surface area contributed by atoms with E-state index in [0.717, 1.165) is 0 Å². The summed E-state index contributed by atoms with van der Waals surface area (Å²) in [5.41, 5.74) is 1.07. The number of benzene rings is 2. The number of hydrogen-bond acceptors (Lipinski definition) is 5. The lowest BCUT2D eigenvalue weighted by Gasteiger charge is -2.08. The van der Waals surface area contributed by atoms with Gasteiger partial charge in [0.2, 0.25) is 11.8 Å². The van der Waals surface area contributed by atoms with Crippen LogP contribution in [0, 0.1) is 0 Å². The van der Waals surface area contributed by atoms with Crippen LogP contribution in [0.4, 0.5) is 11.4 Å². The molecule has 0 unspecified atom stereocenters. The van der Waals surface area contributed by atoms with Gasteiger partial charge < -0.3 is 15.2 Å². The van der Waals surface area contributed by atoms with Gasteiger partial charge in [-0.15, -0.1) is 10.2 Å². The maximum Gasteiger partial charge on any atom is 0.234 e. The second kappa shape index (κ2) is 10.2. The molecule has 0 fully saturated rings. The fourth-order valence-corrected chi connectivity index (χ4v) is 3.61. The third kappa shape index (κ3) is 6.12. The molecule has 11 heteroatoms. The Morgan fingerprint density at radius 2 is 1.67 bits per heavy atom. The summed E-state index contributed by atoms with van der Waals surface area (Å²) >= 11 is 19.0. The largest absolute Gasteiger partial charge is 0.326 e. The van der Waals surface area contributed by atoms with E-state index < -0.39 is 0 Å². The quantitative estimate of drug-likeness (QED) is 0.475. The predicted octanol–water partition coefficient (Wildman–Crippen LogP) is 4.69. The number of aromatic nitrogens is 3. The average Bonchev–Trinajstić information content (AvgIpc) is 3.04. The van der Waals surface area contributed by atoms with Gasteiger partial charge in [0.05, 0.1) is 22.9 Å². The highest BCUT2D eigenvalue weighted by Crippen LogP contribution is 2.26. The van der Waals surface area contributed by atoms with Crippen molar-refractivity contribution in [1.82, 2.24) is 14.8 Å². The predicted molar refractivity (Wildman–Crippen MR) is 121 cm³/mol. The van der Waals surface area contributed by atoms with E-state index in [2.05, 4.69) is 20.8 Å². The normalized spacial score (nSPS) is 10.7. The van der Waals surface area contributed by atoms with Gasteiger partial charge in [0.15, 0.2) is 5.16 Å². The minimum atomic E-state index is -0.269. The van der Waals surface area contributed by atoms with Crippen LogP contribution in [0.3, 0.4) is 0 Å². The number of carbonyl (C=O) groups is 2. The van der Waals surface area contributed by atoms with Gasteiger partial charge in [0.1, 0.15) is 5.82 Å². The summed E-state index contributed by atoms with van der Waals surface area (Å²) in [5.74, 6) is 0.0559. The molecule has 1 heterocycles. The molecule has 0 bridgehead atoms. The number of amides is 2. The summed E-state index contributed by atoms with van der Waals surface area (Å²) in [5, 5.41) is 15.5. The SMILES string of the molecule is Cn1c(CC(=O)Nc2ccc(Cl)cc2)nnc1SCC(=O)Nc1cc(Cl)ccc1Cl. The van der Waals surface area contributed by atoms with Crippen molar-refractivity contribution < 1.29 is 9.59 Å². The molecule has 0 spiro atoms. The summed E-state index contributed by atoms with van der Waals surface area (Å²) in [6, 6.07) is 11.6. The van der Waals surface area contributed by atoms with Crippen molar-refractivity contribution in [2.24, 2.45) is 7.05 Å². The van der Waals surface area contributed by atoms with Crippen LogP contribution in [0.15, 0.2) is 47.6 Å². The Hall–Kier alpha value is -2.26. The average molecular weight is 485 g/mol. The first-order valence-corrected chi connectivity index (χ1v) is 10.7. The summed E-state index contributed by atoms with van der Waals surface area (Å²) in [7, 11) is 1.74. The van der Waals surface area contributed by atoms with Crippen molar-refractivity contribution in [1.29, 1.82) is 0 Å². The Morgan fingerprint density at radius 1 is 0.967 bits per heavy atom. The molecule has 30 heavy (non-hydrogen) atoms. The van der Waals surface area contributed by atoms with Gasteiger partial charge >= 0.3 is 0 Å². The number of anilines is 2. The number of thioether (sulfide) groups is 1. The minimum Gasteiger partial charge on any atom is -0.326 e. The Labute approximate surface area is 192 Å². The number of rotatable bonds is 7. The number of carbonyl (C=O) groups excluding carboxylic acids is 2. The van der Waals surface area contributed by atoms with Crippen LogP contribution in [-0.4, -0.2) is 32.3 Å². The summed E-state index contributed by atoms with van der Waals surface area (Å²) < 4.78 is 1.67. The Kier molecular flexibility index (Phi) is 7.60. The van der Waals surface area contributed by atoms with Crippen molar-refractivity contribution in [2.75, 3.05) is 16.4 Å². The second-order valence-corrected chi connectivity index (χ2v) is 8.37. The molecule has 0 saturated carbocycles. The van der Waals surface area contributed by atoms with Crippen LogP contribution in [0.1, 0.15) is 5.82 Å². The van der Waals surface area contributed by atoms with Crippen LogP contribution < -0.4 is 10.6 Å². The first-order chi connectivity index (χ1) is 14.3. The van der Waals surface area contributed by atoms with E-state index in [-0.39, 0.29) is 24.0 Å². The third-order valence-electron chi connectivity index (χ3n) is 3.91. The topological polar surface area (TPSA) is 88.9 Å². The van der Waals surface area contributed by atoms with Crippen LogP contribution in [0.2, 0.25) is 15.1 Å². The number of nitrogens with one attached hydrogen (secondary N) is 2. The Bertz CT molecular complexity index is 1070. The number of hydrogen-bond donors (Lipinski definition) is 2. The van der Waals surface area contributed by atoms with Gasteiger partial charge in [-0.25, -0.2) is 0 Å². The molecule has 0 aliphatic carbocycles. The highest BCUT2D eigenvalue weighted by atomic mass is 35.5. The van der Waals surface area contributed by atoms with Crippen LogP contribution >= 0.6 is 46.6 Å². The number of nitrogens with zero attached hydrogens (tertiary/aromatic N) is 3. The molecule has 7 nitrogen and oxygen atoms in total. The lowest BCUT2D eigenvalue weighted by molar-refractivity contribution is -0.116. The van der Waals surface area contributed by atoms with Gasteiger partial charge in [0, 0.05) is 22.8 Å². The Balaban J connectivity index is 1.54. The van der Waals surface area contributed by atoms with E-state index in [9.17, 15) is 9.59 Å².